The molecule has 1 aliphatic rings. The molecular weight excluding hydrogens is 262 g/mol. The van der Waals surface area contributed by atoms with Crippen LogP contribution in [0.15, 0.2) is 6.33 Å². The third-order valence-corrected chi connectivity index (χ3v) is 3.59. The molecule has 0 saturated heterocycles. The van der Waals surface area contributed by atoms with Crippen LogP contribution < -0.4 is 5.32 Å². The highest BCUT2D eigenvalue weighted by Crippen LogP contribution is 2.25. The maximum atomic E-state index is 11.7. The fourth-order valence-corrected chi connectivity index (χ4v) is 2.54. The van der Waals surface area contributed by atoms with Crippen molar-refractivity contribution in [1.82, 2.24) is 20.1 Å². The molecular formula is C12H19N5O3. The second-order valence-corrected chi connectivity index (χ2v) is 5.14. The number of hydrogen-bond donors (Lipinski definition) is 1. The smallest absolute Gasteiger partial charge is 0.390 e. The Hall–Kier alpha value is -1.99. The lowest BCUT2D eigenvalue weighted by atomic mass is 9.87. The quantitative estimate of drug-likeness (QED) is 0.624. The van der Waals surface area contributed by atoms with Crippen LogP contribution in [0.2, 0.25) is 0 Å². The molecule has 1 aliphatic carbocycles. The SMILES string of the molecule is O=C(Cn1cnc([N+](=O)[O-])n1)NCCC1CCCCC1. The van der Waals surface area contributed by atoms with Crippen LogP contribution in [0.3, 0.4) is 0 Å². The summed E-state index contributed by atoms with van der Waals surface area (Å²) in [6, 6.07) is 0. The summed E-state index contributed by atoms with van der Waals surface area (Å²) in [5.41, 5.74) is 0. The molecule has 20 heavy (non-hydrogen) atoms. The number of nitrogens with zero attached hydrogens (tertiary/aromatic N) is 4. The Morgan fingerprint density at radius 3 is 2.85 bits per heavy atom. The number of aromatic nitrogens is 3. The molecule has 0 aliphatic heterocycles. The van der Waals surface area contributed by atoms with Crippen molar-refractivity contribution in [2.24, 2.45) is 5.92 Å². The largest absolute Gasteiger partial charge is 0.490 e. The molecule has 2 rings (SSSR count). The number of carbonyl (C=O) groups excluding carboxylic acids is 1. The van der Waals surface area contributed by atoms with Gasteiger partial charge in [0.25, 0.3) is 0 Å². The number of nitrogens with one attached hydrogen (secondary N) is 1. The van der Waals surface area contributed by atoms with E-state index in [0.717, 1.165) is 12.3 Å². The zero-order valence-corrected chi connectivity index (χ0v) is 11.3. The van der Waals surface area contributed by atoms with Gasteiger partial charge in [0.2, 0.25) is 12.2 Å². The van der Waals surface area contributed by atoms with Crippen molar-refractivity contribution >= 4 is 11.9 Å². The van der Waals surface area contributed by atoms with E-state index in [4.69, 9.17) is 0 Å². The molecule has 1 aromatic heterocycles. The lowest BCUT2D eigenvalue weighted by Crippen LogP contribution is -2.30. The first-order valence-electron chi connectivity index (χ1n) is 6.95. The average molecular weight is 281 g/mol. The fraction of sp³-hybridized carbons (Fsp3) is 0.750. The number of carbonyl (C=O) groups is 1. The van der Waals surface area contributed by atoms with Crippen LogP contribution in [0.25, 0.3) is 0 Å². The van der Waals surface area contributed by atoms with E-state index < -0.39 is 10.9 Å². The first-order chi connectivity index (χ1) is 9.65. The predicted octanol–water partition coefficient (Wildman–Crippen LogP) is 1.27. The molecule has 0 spiro atoms. The summed E-state index contributed by atoms with van der Waals surface area (Å²) in [5.74, 6) is 0.0390. The summed E-state index contributed by atoms with van der Waals surface area (Å²) < 4.78 is 1.17. The van der Waals surface area contributed by atoms with Crippen LogP contribution in [0, 0.1) is 16.0 Å². The summed E-state index contributed by atoms with van der Waals surface area (Å²) in [5, 5.41) is 16.8. The highest BCUT2D eigenvalue weighted by Gasteiger charge is 2.16. The van der Waals surface area contributed by atoms with E-state index in [2.05, 4.69) is 15.4 Å². The normalized spacial score (nSPS) is 16.0. The second-order valence-electron chi connectivity index (χ2n) is 5.14. The van der Waals surface area contributed by atoms with Crippen molar-refractivity contribution in [1.29, 1.82) is 0 Å². The summed E-state index contributed by atoms with van der Waals surface area (Å²) in [6.07, 6.45) is 8.62. The Labute approximate surface area is 116 Å². The van der Waals surface area contributed by atoms with E-state index >= 15 is 0 Å². The average Bonchev–Trinajstić information content (AvgIpc) is 2.88. The molecule has 0 aromatic carbocycles. The number of amides is 1. The number of hydrogen-bond acceptors (Lipinski definition) is 5. The topological polar surface area (TPSA) is 103 Å². The van der Waals surface area contributed by atoms with Crippen LogP contribution in [-0.2, 0) is 11.3 Å². The van der Waals surface area contributed by atoms with Crippen LogP contribution >= 0.6 is 0 Å². The van der Waals surface area contributed by atoms with Crippen molar-refractivity contribution in [2.45, 2.75) is 45.1 Å². The predicted molar refractivity (Wildman–Crippen MR) is 70.9 cm³/mol. The Morgan fingerprint density at radius 1 is 1.45 bits per heavy atom. The summed E-state index contributed by atoms with van der Waals surface area (Å²) >= 11 is 0. The molecule has 1 amide bonds. The third kappa shape index (κ3) is 4.29. The molecule has 0 radical (unpaired) electrons. The molecule has 8 nitrogen and oxygen atoms in total. The summed E-state index contributed by atoms with van der Waals surface area (Å²) in [7, 11) is 0. The van der Waals surface area contributed by atoms with Crippen molar-refractivity contribution in [3.8, 4) is 0 Å². The maximum Gasteiger partial charge on any atom is 0.490 e. The van der Waals surface area contributed by atoms with Gasteiger partial charge < -0.3 is 15.4 Å². The molecule has 0 atom stereocenters. The van der Waals surface area contributed by atoms with E-state index in [0.29, 0.717) is 6.54 Å². The van der Waals surface area contributed by atoms with Gasteiger partial charge in [0.15, 0.2) is 0 Å². The summed E-state index contributed by atoms with van der Waals surface area (Å²) in [6.45, 7) is 0.617. The zero-order chi connectivity index (χ0) is 14.4. The molecule has 0 bridgehead atoms. The van der Waals surface area contributed by atoms with E-state index in [-0.39, 0.29) is 12.5 Å². The van der Waals surface area contributed by atoms with Gasteiger partial charge in [-0.1, -0.05) is 37.1 Å². The van der Waals surface area contributed by atoms with Gasteiger partial charge in [-0.05, 0) is 17.3 Å². The molecule has 8 heteroatoms. The first-order valence-corrected chi connectivity index (χ1v) is 6.95. The van der Waals surface area contributed by atoms with E-state index in [1.807, 2.05) is 0 Å². The fourth-order valence-electron chi connectivity index (χ4n) is 2.54. The van der Waals surface area contributed by atoms with E-state index in [1.54, 1.807) is 0 Å². The first kappa shape index (κ1) is 14.4. The Bertz CT molecular complexity index is 467. The zero-order valence-electron chi connectivity index (χ0n) is 11.3. The van der Waals surface area contributed by atoms with Gasteiger partial charge >= 0.3 is 5.95 Å². The molecule has 1 fully saturated rings. The molecule has 110 valence electrons. The van der Waals surface area contributed by atoms with Crippen molar-refractivity contribution < 1.29 is 9.72 Å². The Morgan fingerprint density at radius 2 is 2.20 bits per heavy atom. The minimum Gasteiger partial charge on any atom is -0.390 e. The second kappa shape index (κ2) is 6.97. The van der Waals surface area contributed by atoms with Crippen molar-refractivity contribution in [2.75, 3.05) is 6.54 Å². The standard InChI is InChI=1S/C12H19N5O3/c18-11(8-16-9-14-12(15-16)17(19)20)13-7-6-10-4-2-1-3-5-10/h9-10H,1-8H2,(H,13,18). The minimum absolute atomic E-state index is 0.0362. The molecule has 0 unspecified atom stereocenters. The van der Waals surface area contributed by atoms with Crippen LogP contribution in [0.1, 0.15) is 38.5 Å². The van der Waals surface area contributed by atoms with Gasteiger partial charge in [0.05, 0.1) is 0 Å². The van der Waals surface area contributed by atoms with E-state index in [1.165, 1.54) is 43.1 Å². The van der Waals surface area contributed by atoms with E-state index in [9.17, 15) is 14.9 Å². The molecule has 1 N–H and O–H groups in total. The highest BCUT2D eigenvalue weighted by molar-refractivity contribution is 5.75. The monoisotopic (exact) mass is 281 g/mol. The van der Waals surface area contributed by atoms with Gasteiger partial charge in [0, 0.05) is 11.6 Å². The Kier molecular flexibility index (Phi) is 5.03. The van der Waals surface area contributed by atoms with Crippen molar-refractivity contribution in [3.63, 3.8) is 0 Å². The van der Waals surface area contributed by atoms with Gasteiger partial charge in [-0.2, -0.15) is 4.68 Å². The van der Waals surface area contributed by atoms with Gasteiger partial charge in [-0.25, -0.2) is 0 Å². The molecule has 1 heterocycles. The van der Waals surface area contributed by atoms with Gasteiger partial charge in [0.1, 0.15) is 6.54 Å². The number of rotatable bonds is 6. The maximum absolute atomic E-state index is 11.7. The van der Waals surface area contributed by atoms with Crippen LogP contribution in [0.5, 0.6) is 0 Å². The van der Waals surface area contributed by atoms with Crippen molar-refractivity contribution in [3.05, 3.63) is 16.4 Å². The molecule has 1 aromatic rings. The molecule has 1 saturated carbocycles. The minimum atomic E-state index is -0.683. The Balaban J connectivity index is 1.67. The van der Waals surface area contributed by atoms with Crippen LogP contribution in [0.4, 0.5) is 5.95 Å². The van der Waals surface area contributed by atoms with Gasteiger partial charge in [-0.15, -0.1) is 0 Å². The van der Waals surface area contributed by atoms with Crippen LogP contribution in [-0.4, -0.2) is 32.1 Å². The highest BCUT2D eigenvalue weighted by atomic mass is 16.6. The lowest BCUT2D eigenvalue weighted by Gasteiger charge is -2.21. The lowest BCUT2D eigenvalue weighted by molar-refractivity contribution is -0.394. The third-order valence-electron chi connectivity index (χ3n) is 3.59. The number of nitro groups is 1. The summed E-state index contributed by atoms with van der Waals surface area (Å²) in [4.78, 5) is 24.9. The van der Waals surface area contributed by atoms with Gasteiger partial charge in [-0.3, -0.25) is 4.79 Å².